The van der Waals surface area contributed by atoms with Gasteiger partial charge in [-0.3, -0.25) is 15.4 Å². The van der Waals surface area contributed by atoms with Crippen LogP contribution in [0.3, 0.4) is 0 Å². The van der Waals surface area contributed by atoms with Crippen LogP contribution >= 0.6 is 11.3 Å². The molecule has 24 heavy (non-hydrogen) atoms. The quantitative estimate of drug-likeness (QED) is 0.429. The zero-order chi connectivity index (χ0) is 16.8. The summed E-state index contributed by atoms with van der Waals surface area (Å²) in [5, 5.41) is 14.5. The molecule has 8 heteroatoms. The van der Waals surface area contributed by atoms with Crippen LogP contribution in [-0.2, 0) is 0 Å². The predicted octanol–water partition coefficient (Wildman–Crippen LogP) is 4.71. The highest BCUT2D eigenvalue weighted by Crippen LogP contribution is 2.32. The van der Waals surface area contributed by atoms with Crippen LogP contribution in [0.4, 0.5) is 16.8 Å². The molecular weight excluding hydrogens is 328 g/mol. The molecule has 4 aromatic rings. The van der Waals surface area contributed by atoms with Crippen LogP contribution in [-0.4, -0.2) is 14.9 Å². The van der Waals surface area contributed by atoms with Gasteiger partial charge in [0.2, 0.25) is 0 Å². The zero-order valence-corrected chi connectivity index (χ0v) is 13.7. The number of nitrogens with zero attached hydrogens (tertiary/aromatic N) is 3. The number of aryl methyl sites for hydroxylation is 2. The Balaban J connectivity index is 1.71. The van der Waals surface area contributed by atoms with Crippen LogP contribution in [0.1, 0.15) is 11.1 Å². The molecule has 0 aliphatic rings. The summed E-state index contributed by atoms with van der Waals surface area (Å²) in [7, 11) is 0. The van der Waals surface area contributed by atoms with E-state index in [2.05, 4.69) is 15.3 Å². The molecule has 0 radical (unpaired) electrons. The first-order valence-electron chi connectivity index (χ1n) is 7.19. The number of anilines is 2. The molecule has 0 bridgehead atoms. The van der Waals surface area contributed by atoms with Crippen LogP contribution in [0.5, 0.6) is 0 Å². The van der Waals surface area contributed by atoms with Crippen molar-refractivity contribution in [2.75, 3.05) is 5.32 Å². The Labute approximate surface area is 140 Å². The number of fused-ring (bicyclic) bond motifs is 2. The molecule has 2 aromatic heterocycles. The molecule has 0 fully saturated rings. The Kier molecular flexibility index (Phi) is 3.20. The summed E-state index contributed by atoms with van der Waals surface area (Å²) in [4.78, 5) is 19.3. The summed E-state index contributed by atoms with van der Waals surface area (Å²) < 4.78 is 6.48. The van der Waals surface area contributed by atoms with Crippen molar-refractivity contribution < 1.29 is 9.34 Å². The third-order valence-electron chi connectivity index (χ3n) is 3.62. The number of nitrogens with one attached hydrogen (secondary N) is 1. The number of non-ortho nitro benzene ring substituents is 1. The van der Waals surface area contributed by atoms with E-state index in [4.69, 9.17) is 4.42 Å². The first kappa shape index (κ1) is 14.6. The molecule has 0 atom stereocenters. The lowest BCUT2D eigenvalue weighted by molar-refractivity contribution is -0.384. The fraction of sp³-hybridized carbons (Fsp3) is 0.125. The van der Waals surface area contributed by atoms with Gasteiger partial charge in [0, 0.05) is 12.1 Å². The smallest absolute Gasteiger partial charge is 0.302 e. The van der Waals surface area contributed by atoms with Gasteiger partial charge in [-0.1, -0.05) is 17.4 Å². The van der Waals surface area contributed by atoms with Crippen molar-refractivity contribution in [2.45, 2.75) is 13.8 Å². The molecule has 2 aromatic carbocycles. The molecule has 0 aliphatic carbocycles. The van der Waals surface area contributed by atoms with E-state index in [9.17, 15) is 10.1 Å². The number of benzene rings is 2. The first-order valence-corrected chi connectivity index (χ1v) is 8.01. The SMILES string of the molecule is Cc1cc(C)c2oc(Nc3nc4ccc([N+](=O)[O-])cc4s3)nc2c1. The van der Waals surface area contributed by atoms with Gasteiger partial charge in [0.05, 0.1) is 15.1 Å². The molecule has 120 valence electrons. The first-order chi connectivity index (χ1) is 11.5. The van der Waals surface area contributed by atoms with E-state index in [1.807, 2.05) is 26.0 Å². The largest absolute Gasteiger partial charge is 0.423 e. The van der Waals surface area contributed by atoms with Gasteiger partial charge in [0.1, 0.15) is 5.52 Å². The molecule has 7 nitrogen and oxygen atoms in total. The highest BCUT2D eigenvalue weighted by Gasteiger charge is 2.13. The van der Waals surface area contributed by atoms with Gasteiger partial charge in [-0.15, -0.1) is 0 Å². The van der Waals surface area contributed by atoms with Crippen molar-refractivity contribution in [3.05, 3.63) is 51.6 Å². The minimum Gasteiger partial charge on any atom is -0.423 e. The lowest BCUT2D eigenvalue weighted by Gasteiger charge is -1.95. The second-order valence-electron chi connectivity index (χ2n) is 5.50. The second-order valence-corrected chi connectivity index (χ2v) is 6.53. The van der Waals surface area contributed by atoms with E-state index in [0.717, 1.165) is 26.9 Å². The van der Waals surface area contributed by atoms with Crippen molar-refractivity contribution in [1.29, 1.82) is 0 Å². The number of nitro benzene ring substituents is 1. The Morgan fingerprint density at radius 1 is 1.17 bits per heavy atom. The maximum atomic E-state index is 10.9. The monoisotopic (exact) mass is 340 g/mol. The second kappa shape index (κ2) is 5.27. The number of nitro groups is 1. The van der Waals surface area contributed by atoms with E-state index >= 15 is 0 Å². The Bertz CT molecular complexity index is 1100. The van der Waals surface area contributed by atoms with Gasteiger partial charge in [0.15, 0.2) is 10.7 Å². The lowest BCUT2D eigenvalue weighted by atomic mass is 10.1. The number of rotatable bonds is 3. The summed E-state index contributed by atoms with van der Waals surface area (Å²) in [6.45, 7) is 3.98. The van der Waals surface area contributed by atoms with Crippen LogP contribution in [0.15, 0.2) is 34.7 Å². The van der Waals surface area contributed by atoms with Crippen molar-refractivity contribution in [3.8, 4) is 0 Å². The Morgan fingerprint density at radius 3 is 2.79 bits per heavy atom. The van der Waals surface area contributed by atoms with Gasteiger partial charge in [-0.2, -0.15) is 4.98 Å². The molecule has 0 aliphatic heterocycles. The molecule has 0 unspecified atom stereocenters. The average molecular weight is 340 g/mol. The number of hydrogen-bond acceptors (Lipinski definition) is 7. The summed E-state index contributed by atoms with van der Waals surface area (Å²) in [5.41, 5.74) is 4.39. The summed E-state index contributed by atoms with van der Waals surface area (Å²) >= 11 is 1.31. The van der Waals surface area contributed by atoms with Gasteiger partial charge >= 0.3 is 6.01 Å². The average Bonchev–Trinajstić information content (AvgIpc) is 3.09. The third-order valence-corrected chi connectivity index (χ3v) is 4.55. The molecular formula is C16H12N4O3S. The molecule has 2 heterocycles. The fourth-order valence-electron chi connectivity index (χ4n) is 2.60. The predicted molar refractivity (Wildman–Crippen MR) is 93.0 cm³/mol. The molecule has 0 saturated carbocycles. The summed E-state index contributed by atoms with van der Waals surface area (Å²) in [6, 6.07) is 8.93. The van der Waals surface area contributed by atoms with Crippen LogP contribution in [0.2, 0.25) is 0 Å². The van der Waals surface area contributed by atoms with Crippen molar-refractivity contribution in [1.82, 2.24) is 9.97 Å². The van der Waals surface area contributed by atoms with E-state index in [1.165, 1.54) is 23.5 Å². The molecule has 0 amide bonds. The minimum absolute atomic E-state index is 0.0469. The Morgan fingerprint density at radius 2 is 2.00 bits per heavy atom. The van der Waals surface area contributed by atoms with E-state index in [-0.39, 0.29) is 5.69 Å². The lowest BCUT2D eigenvalue weighted by Crippen LogP contribution is -1.88. The van der Waals surface area contributed by atoms with Crippen LogP contribution in [0.25, 0.3) is 21.3 Å². The summed E-state index contributed by atoms with van der Waals surface area (Å²) in [6.07, 6.45) is 0. The molecule has 0 spiro atoms. The normalized spacial score (nSPS) is 11.2. The van der Waals surface area contributed by atoms with Crippen molar-refractivity contribution >= 4 is 49.5 Å². The minimum atomic E-state index is -0.418. The zero-order valence-electron chi connectivity index (χ0n) is 12.9. The number of oxazole rings is 1. The van der Waals surface area contributed by atoms with Crippen molar-refractivity contribution in [2.24, 2.45) is 0 Å². The van der Waals surface area contributed by atoms with E-state index < -0.39 is 4.92 Å². The number of hydrogen-bond donors (Lipinski definition) is 1. The highest BCUT2D eigenvalue weighted by molar-refractivity contribution is 7.22. The fourth-order valence-corrected chi connectivity index (χ4v) is 3.49. The van der Waals surface area contributed by atoms with Gasteiger partial charge < -0.3 is 4.42 Å². The standard InChI is InChI=1S/C16H12N4O3S/c1-8-5-9(2)14-12(6-8)17-15(23-14)19-16-18-11-4-3-10(20(21)22)7-13(11)24-16/h3-7H,1-2H3,(H,17,18,19). The maximum Gasteiger partial charge on any atom is 0.302 e. The van der Waals surface area contributed by atoms with Crippen LogP contribution in [0, 0.1) is 24.0 Å². The molecule has 4 rings (SSSR count). The van der Waals surface area contributed by atoms with Crippen molar-refractivity contribution in [3.63, 3.8) is 0 Å². The van der Waals surface area contributed by atoms with Crippen LogP contribution < -0.4 is 5.32 Å². The maximum absolute atomic E-state index is 10.9. The topological polar surface area (TPSA) is 94.1 Å². The van der Waals surface area contributed by atoms with Gasteiger partial charge in [-0.05, 0) is 37.1 Å². The van der Waals surface area contributed by atoms with E-state index in [0.29, 0.717) is 16.7 Å². The number of aromatic nitrogens is 2. The van der Waals surface area contributed by atoms with E-state index in [1.54, 1.807) is 6.07 Å². The number of thiazole rings is 1. The van der Waals surface area contributed by atoms with Gasteiger partial charge in [0.25, 0.3) is 5.69 Å². The Hall–Kier alpha value is -3.00. The summed E-state index contributed by atoms with van der Waals surface area (Å²) in [5.74, 6) is 0. The molecule has 1 N–H and O–H groups in total. The van der Waals surface area contributed by atoms with Gasteiger partial charge in [-0.25, -0.2) is 4.98 Å². The molecule has 0 saturated heterocycles. The third kappa shape index (κ3) is 2.46. The highest BCUT2D eigenvalue weighted by atomic mass is 32.1.